The summed E-state index contributed by atoms with van der Waals surface area (Å²) in [4.78, 5) is 32.5. The Labute approximate surface area is 169 Å². The molecule has 0 radical (unpaired) electrons. The maximum atomic E-state index is 12.1. The molecule has 0 saturated heterocycles. The highest BCUT2D eigenvalue weighted by atomic mass is 16.6. The third-order valence-corrected chi connectivity index (χ3v) is 3.83. The number of hydrogen-bond donors (Lipinski definition) is 1. The molecule has 3 aromatic carbocycles. The lowest BCUT2D eigenvalue weighted by Gasteiger charge is -2.06. The molecule has 10 nitrogen and oxygen atoms in total. The summed E-state index contributed by atoms with van der Waals surface area (Å²) < 4.78 is 5.46. The summed E-state index contributed by atoms with van der Waals surface area (Å²) in [6.07, 6.45) is 1.50. The predicted octanol–water partition coefficient (Wildman–Crippen LogP) is 4.06. The van der Waals surface area contributed by atoms with E-state index in [0.717, 1.165) is 23.8 Å². The van der Waals surface area contributed by atoms with Gasteiger partial charge in [-0.1, -0.05) is 30.3 Å². The fraction of sp³-hybridized carbons (Fsp3) is 0. The van der Waals surface area contributed by atoms with Gasteiger partial charge in [-0.15, -0.1) is 0 Å². The lowest BCUT2D eigenvalue weighted by atomic mass is 10.2. The number of ether oxygens (including phenoxy) is 1. The fourth-order valence-electron chi connectivity index (χ4n) is 2.42. The lowest BCUT2D eigenvalue weighted by molar-refractivity contribution is -0.394. The van der Waals surface area contributed by atoms with E-state index in [1.807, 2.05) is 30.3 Å². The molecule has 0 fully saturated rings. The van der Waals surface area contributed by atoms with Crippen LogP contribution >= 0.6 is 0 Å². The summed E-state index contributed by atoms with van der Waals surface area (Å²) >= 11 is 0. The molecule has 0 aliphatic heterocycles. The van der Waals surface area contributed by atoms with Crippen molar-refractivity contribution in [3.63, 3.8) is 0 Å². The molecule has 150 valence electrons. The van der Waals surface area contributed by atoms with E-state index < -0.39 is 27.1 Å². The Morgan fingerprint density at radius 1 is 0.867 bits per heavy atom. The Balaban J connectivity index is 1.68. The van der Waals surface area contributed by atoms with Crippen LogP contribution in [0.3, 0.4) is 0 Å². The highest BCUT2D eigenvalue weighted by Crippen LogP contribution is 2.30. The minimum absolute atomic E-state index is 0.0689. The molecule has 3 rings (SSSR count). The van der Waals surface area contributed by atoms with Crippen LogP contribution in [0.4, 0.5) is 11.4 Å². The normalized spacial score (nSPS) is 10.5. The number of carbonyl (C=O) groups is 1. The van der Waals surface area contributed by atoms with E-state index in [2.05, 4.69) is 10.5 Å². The van der Waals surface area contributed by atoms with Crippen LogP contribution in [0.1, 0.15) is 15.9 Å². The number of amides is 1. The minimum atomic E-state index is -0.747. The van der Waals surface area contributed by atoms with Crippen LogP contribution in [0.25, 0.3) is 0 Å². The molecule has 0 unspecified atom stereocenters. The number of benzene rings is 3. The number of non-ortho nitro benzene ring substituents is 2. The average molecular weight is 406 g/mol. The molecule has 1 amide bonds. The zero-order valence-electron chi connectivity index (χ0n) is 15.3. The van der Waals surface area contributed by atoms with Crippen LogP contribution in [0.2, 0.25) is 0 Å². The van der Waals surface area contributed by atoms with Crippen molar-refractivity contribution in [1.29, 1.82) is 0 Å². The summed E-state index contributed by atoms with van der Waals surface area (Å²) in [7, 11) is 0. The van der Waals surface area contributed by atoms with E-state index in [4.69, 9.17) is 4.74 Å². The van der Waals surface area contributed by atoms with Gasteiger partial charge in [0.2, 0.25) is 0 Å². The molecule has 0 aliphatic rings. The molecule has 1 N–H and O–H groups in total. The monoisotopic (exact) mass is 406 g/mol. The molecule has 10 heteroatoms. The summed E-state index contributed by atoms with van der Waals surface area (Å²) in [5.41, 5.74) is 2.59. The van der Waals surface area contributed by atoms with E-state index in [1.165, 1.54) is 30.5 Å². The standard InChI is InChI=1S/C20H14N4O6/c25-20(22-21-13-14-4-2-1-3-5-14)15-6-8-18(9-7-15)30-19-11-16(23(26)27)10-17(12-19)24(28)29/h1-13H,(H,22,25)/b21-13-. The molecule has 0 heterocycles. The van der Waals surface area contributed by atoms with Gasteiger partial charge >= 0.3 is 0 Å². The SMILES string of the molecule is O=C(N/N=C\c1ccccc1)c1ccc(Oc2cc([N+](=O)[O-])cc([N+](=O)[O-])c2)cc1. The molecule has 3 aromatic rings. The van der Waals surface area contributed by atoms with E-state index in [9.17, 15) is 25.0 Å². The van der Waals surface area contributed by atoms with Crippen LogP contribution in [0.5, 0.6) is 11.5 Å². The van der Waals surface area contributed by atoms with Gasteiger partial charge in [0.15, 0.2) is 0 Å². The molecule has 0 bridgehead atoms. The molecule has 0 aliphatic carbocycles. The van der Waals surface area contributed by atoms with Crippen molar-refractivity contribution in [2.75, 3.05) is 0 Å². The van der Waals surface area contributed by atoms with Crippen LogP contribution in [-0.2, 0) is 0 Å². The van der Waals surface area contributed by atoms with Crippen LogP contribution in [0, 0.1) is 20.2 Å². The first kappa shape index (κ1) is 20.1. The van der Waals surface area contributed by atoms with E-state index >= 15 is 0 Å². The average Bonchev–Trinajstić information content (AvgIpc) is 2.74. The topological polar surface area (TPSA) is 137 Å². The van der Waals surface area contributed by atoms with Crippen LogP contribution in [0.15, 0.2) is 77.9 Å². The van der Waals surface area contributed by atoms with E-state index in [-0.39, 0.29) is 11.5 Å². The van der Waals surface area contributed by atoms with Gasteiger partial charge in [-0.2, -0.15) is 5.10 Å². The molecular formula is C20H14N4O6. The van der Waals surface area contributed by atoms with Crippen LogP contribution in [-0.4, -0.2) is 22.0 Å². The molecule has 0 spiro atoms. The van der Waals surface area contributed by atoms with Crippen molar-refractivity contribution in [3.05, 3.63) is 104 Å². The minimum Gasteiger partial charge on any atom is -0.457 e. The van der Waals surface area contributed by atoms with Gasteiger partial charge in [0.1, 0.15) is 11.5 Å². The van der Waals surface area contributed by atoms with E-state index in [1.54, 1.807) is 0 Å². The molecule has 0 atom stereocenters. The smallest absolute Gasteiger partial charge is 0.280 e. The van der Waals surface area contributed by atoms with Crippen molar-refractivity contribution in [2.45, 2.75) is 0 Å². The molecule has 0 saturated carbocycles. The first-order valence-corrected chi connectivity index (χ1v) is 8.52. The number of hydrazone groups is 1. The zero-order chi connectivity index (χ0) is 21.5. The highest BCUT2D eigenvalue weighted by molar-refractivity contribution is 5.95. The second-order valence-electron chi connectivity index (χ2n) is 5.94. The van der Waals surface area contributed by atoms with Gasteiger partial charge < -0.3 is 4.74 Å². The Morgan fingerprint density at radius 2 is 1.47 bits per heavy atom. The van der Waals surface area contributed by atoms with Gasteiger partial charge in [0, 0.05) is 5.56 Å². The molecule has 0 aromatic heterocycles. The Morgan fingerprint density at radius 3 is 2.03 bits per heavy atom. The number of nitrogens with one attached hydrogen (secondary N) is 1. The largest absolute Gasteiger partial charge is 0.457 e. The number of rotatable bonds is 7. The summed E-state index contributed by atoms with van der Waals surface area (Å²) in [5.74, 6) is -0.269. The van der Waals surface area contributed by atoms with Crippen molar-refractivity contribution in [2.24, 2.45) is 5.10 Å². The third-order valence-electron chi connectivity index (χ3n) is 3.83. The summed E-state index contributed by atoms with van der Waals surface area (Å²) in [6.45, 7) is 0. The number of hydrogen-bond acceptors (Lipinski definition) is 7. The van der Waals surface area contributed by atoms with Crippen molar-refractivity contribution in [3.8, 4) is 11.5 Å². The van der Waals surface area contributed by atoms with Crippen molar-refractivity contribution >= 4 is 23.5 Å². The lowest BCUT2D eigenvalue weighted by Crippen LogP contribution is -2.17. The highest BCUT2D eigenvalue weighted by Gasteiger charge is 2.17. The molecule has 30 heavy (non-hydrogen) atoms. The van der Waals surface area contributed by atoms with Gasteiger partial charge in [-0.25, -0.2) is 5.43 Å². The number of nitro benzene ring substituents is 2. The Bertz CT molecular complexity index is 1080. The molecular weight excluding hydrogens is 392 g/mol. The first-order valence-electron chi connectivity index (χ1n) is 8.52. The third kappa shape index (κ3) is 5.23. The predicted molar refractivity (Wildman–Crippen MR) is 108 cm³/mol. The first-order chi connectivity index (χ1) is 14.4. The van der Waals surface area contributed by atoms with Crippen molar-refractivity contribution in [1.82, 2.24) is 5.43 Å². The van der Waals surface area contributed by atoms with Gasteiger partial charge in [-0.05, 0) is 29.8 Å². The number of nitro groups is 2. The van der Waals surface area contributed by atoms with E-state index in [0.29, 0.717) is 5.56 Å². The van der Waals surface area contributed by atoms with Gasteiger partial charge in [0.25, 0.3) is 17.3 Å². The second-order valence-corrected chi connectivity index (χ2v) is 5.94. The van der Waals surface area contributed by atoms with Crippen molar-refractivity contribution < 1.29 is 19.4 Å². The Hall–Kier alpha value is -4.60. The fourth-order valence-corrected chi connectivity index (χ4v) is 2.42. The second kappa shape index (κ2) is 9.06. The maximum absolute atomic E-state index is 12.1. The number of nitrogens with zero attached hydrogens (tertiary/aromatic N) is 3. The van der Waals surface area contributed by atoms with Gasteiger partial charge in [0.05, 0.1) is 34.3 Å². The number of carbonyl (C=O) groups excluding carboxylic acids is 1. The van der Waals surface area contributed by atoms with Gasteiger partial charge in [-0.3, -0.25) is 25.0 Å². The zero-order valence-corrected chi connectivity index (χ0v) is 15.3. The summed E-state index contributed by atoms with van der Waals surface area (Å²) in [6, 6.07) is 18.1. The van der Waals surface area contributed by atoms with Crippen LogP contribution < -0.4 is 10.2 Å². The maximum Gasteiger partial charge on any atom is 0.280 e. The Kier molecular flexibility index (Phi) is 6.08. The summed E-state index contributed by atoms with van der Waals surface area (Å²) in [5, 5.41) is 25.8. The quantitative estimate of drug-likeness (QED) is 0.357.